The molecule has 0 atom stereocenters. The first-order valence-corrected chi connectivity index (χ1v) is 16.8. The van der Waals surface area contributed by atoms with E-state index < -0.39 is 20.0 Å². The Hall–Kier alpha value is -4.76. The van der Waals surface area contributed by atoms with Gasteiger partial charge in [0, 0.05) is 47.6 Å². The molecular weight excluding hydrogens is 683 g/mol. The van der Waals surface area contributed by atoms with E-state index in [4.69, 9.17) is 10.3 Å². The first-order valence-electron chi connectivity index (χ1n) is 13.7. The Morgan fingerprint density at radius 1 is 0.553 bits per heavy atom. The van der Waals surface area contributed by atoms with Crippen LogP contribution >= 0.6 is 0 Å². The number of nitrogens with one attached hydrogen (secondary N) is 2. The van der Waals surface area contributed by atoms with Gasteiger partial charge in [0.15, 0.2) is 0 Å². The molecule has 4 aromatic carbocycles. The number of anilines is 2. The van der Waals surface area contributed by atoms with Gasteiger partial charge in [-0.25, -0.2) is 27.1 Å². The molecule has 2 heterocycles. The SMILES string of the molecule is NS(=O)(=O)c1ccc(NCc2ccc([O-])c3ncccc23)cc1.NS(=O)(=O)c1ccc(NCc2ccc([O-])c3ncccc23)cc1.[Mn+2]. The quantitative estimate of drug-likeness (QED) is 0.169. The summed E-state index contributed by atoms with van der Waals surface area (Å²) < 4.78 is 44.9. The molecule has 12 nitrogen and oxygen atoms in total. The third kappa shape index (κ3) is 8.74. The van der Waals surface area contributed by atoms with Crippen molar-refractivity contribution in [2.24, 2.45) is 10.3 Å². The van der Waals surface area contributed by atoms with Crippen LogP contribution in [0.5, 0.6) is 11.5 Å². The van der Waals surface area contributed by atoms with E-state index in [1.165, 1.54) is 36.4 Å². The first-order chi connectivity index (χ1) is 21.9. The molecule has 1 radical (unpaired) electrons. The molecule has 0 saturated heterocycles. The standard InChI is InChI=1S/2C16H15N3O3S.Mn/c2*17-23(21,22)13-6-4-12(5-7-13)19-10-11-3-8-15(20)16-14(11)2-1-9-18-16;/h2*1-9,19-20H,10H2,(H2,17,21,22);/q;;+2/p-2. The third-order valence-electron chi connectivity index (χ3n) is 6.98. The summed E-state index contributed by atoms with van der Waals surface area (Å²) in [4.78, 5) is 8.36. The maximum absolute atomic E-state index is 11.8. The number of fused-ring (bicyclic) bond motifs is 2. The van der Waals surface area contributed by atoms with Crippen LogP contribution in [0.25, 0.3) is 21.8 Å². The molecule has 0 aliphatic carbocycles. The Bertz CT molecular complexity index is 2080. The van der Waals surface area contributed by atoms with Gasteiger partial charge >= 0.3 is 17.1 Å². The van der Waals surface area contributed by atoms with E-state index in [1.54, 1.807) is 60.9 Å². The van der Waals surface area contributed by atoms with E-state index in [-0.39, 0.29) is 38.4 Å². The van der Waals surface area contributed by atoms with Crippen molar-refractivity contribution >= 4 is 53.2 Å². The molecule has 15 heteroatoms. The van der Waals surface area contributed by atoms with Crippen molar-refractivity contribution < 1.29 is 44.1 Å². The van der Waals surface area contributed by atoms with Crippen LogP contribution in [0.2, 0.25) is 0 Å². The maximum atomic E-state index is 11.8. The molecule has 0 aliphatic heterocycles. The summed E-state index contributed by atoms with van der Waals surface area (Å²) in [6, 6.07) is 26.1. The zero-order valence-electron chi connectivity index (χ0n) is 24.5. The minimum Gasteiger partial charge on any atom is -0.871 e. The smallest absolute Gasteiger partial charge is 0.871 e. The van der Waals surface area contributed by atoms with Crippen molar-refractivity contribution in [3.05, 3.63) is 121 Å². The average Bonchev–Trinajstić information content (AvgIpc) is 3.04. The summed E-state index contributed by atoms with van der Waals surface area (Å²) in [6.07, 6.45) is 3.18. The number of benzene rings is 4. The second kappa shape index (κ2) is 14.8. The number of hydrogen-bond acceptors (Lipinski definition) is 10. The summed E-state index contributed by atoms with van der Waals surface area (Å²) >= 11 is 0. The van der Waals surface area contributed by atoms with Crippen molar-refractivity contribution in [2.75, 3.05) is 10.6 Å². The molecule has 6 rings (SSSR count). The number of aromatic nitrogens is 2. The van der Waals surface area contributed by atoms with Gasteiger partial charge in [-0.15, -0.1) is 0 Å². The van der Waals surface area contributed by atoms with Gasteiger partial charge in [-0.1, -0.05) is 47.9 Å². The van der Waals surface area contributed by atoms with Crippen molar-refractivity contribution in [3.8, 4) is 11.5 Å². The van der Waals surface area contributed by atoms with Crippen LogP contribution in [0.1, 0.15) is 11.1 Å². The van der Waals surface area contributed by atoms with Crippen molar-refractivity contribution in [1.29, 1.82) is 0 Å². The summed E-state index contributed by atoms with van der Waals surface area (Å²) in [5, 5.41) is 41.7. The minimum absolute atomic E-state index is 0. The van der Waals surface area contributed by atoms with Gasteiger partial charge < -0.3 is 20.8 Å². The summed E-state index contributed by atoms with van der Waals surface area (Å²) in [7, 11) is -7.38. The summed E-state index contributed by atoms with van der Waals surface area (Å²) in [6.45, 7) is 0.967. The van der Waals surface area contributed by atoms with Gasteiger partial charge in [-0.05, 0) is 71.8 Å². The fraction of sp³-hybridized carbons (Fsp3) is 0.0625. The molecule has 0 spiro atoms. The summed E-state index contributed by atoms with van der Waals surface area (Å²) in [5.41, 5.74) is 4.25. The van der Waals surface area contributed by atoms with Gasteiger partial charge in [-0.3, -0.25) is 9.97 Å². The Morgan fingerprint density at radius 3 is 1.26 bits per heavy atom. The monoisotopic (exact) mass is 711 g/mol. The van der Waals surface area contributed by atoms with E-state index in [1.807, 2.05) is 12.1 Å². The molecule has 0 unspecified atom stereocenters. The number of primary sulfonamides is 2. The third-order valence-corrected chi connectivity index (χ3v) is 8.84. The van der Waals surface area contributed by atoms with Crippen LogP contribution in [0.3, 0.4) is 0 Å². The Morgan fingerprint density at radius 2 is 0.915 bits per heavy atom. The average molecular weight is 712 g/mol. The molecule has 0 aliphatic rings. The second-order valence-electron chi connectivity index (χ2n) is 10.1. The van der Waals surface area contributed by atoms with Gasteiger partial charge in [0.25, 0.3) is 0 Å². The molecule has 0 fully saturated rings. The zero-order valence-corrected chi connectivity index (χ0v) is 27.3. The van der Waals surface area contributed by atoms with Crippen LogP contribution in [0.15, 0.2) is 119 Å². The zero-order chi connectivity index (χ0) is 32.9. The van der Waals surface area contributed by atoms with E-state index in [9.17, 15) is 27.0 Å². The molecule has 6 aromatic rings. The fourth-order valence-electron chi connectivity index (χ4n) is 4.64. The molecule has 0 amide bonds. The molecular formula is C32H28MnN6O6S2. The van der Waals surface area contributed by atoms with Crippen LogP contribution in [-0.4, -0.2) is 26.8 Å². The minimum atomic E-state index is -3.69. The number of sulfonamides is 2. The molecule has 241 valence electrons. The number of rotatable bonds is 8. The second-order valence-corrected chi connectivity index (χ2v) is 13.2. The predicted molar refractivity (Wildman–Crippen MR) is 173 cm³/mol. The van der Waals surface area contributed by atoms with Gasteiger partial charge in [0.1, 0.15) is 0 Å². The van der Waals surface area contributed by atoms with Crippen molar-refractivity contribution in [1.82, 2.24) is 9.97 Å². The van der Waals surface area contributed by atoms with Gasteiger partial charge in [0.05, 0.1) is 20.8 Å². The number of nitrogens with zero attached hydrogens (tertiary/aromatic N) is 2. The van der Waals surface area contributed by atoms with Gasteiger partial charge in [-0.2, -0.15) is 0 Å². The van der Waals surface area contributed by atoms with E-state index in [0.29, 0.717) is 24.1 Å². The Kier molecular flexibility index (Phi) is 11.0. The predicted octanol–water partition coefficient (Wildman–Crippen LogP) is 3.13. The number of pyridine rings is 2. The Labute approximate surface area is 282 Å². The normalized spacial score (nSPS) is 11.3. The van der Waals surface area contributed by atoms with E-state index in [0.717, 1.165) is 33.3 Å². The number of nitrogens with two attached hydrogens (primary N) is 2. The van der Waals surface area contributed by atoms with E-state index >= 15 is 0 Å². The topological polar surface area (TPSA) is 216 Å². The largest absolute Gasteiger partial charge is 2.00 e. The van der Waals surface area contributed by atoms with E-state index in [2.05, 4.69) is 20.6 Å². The number of hydrogen-bond donors (Lipinski definition) is 4. The van der Waals surface area contributed by atoms with Crippen molar-refractivity contribution in [2.45, 2.75) is 22.9 Å². The van der Waals surface area contributed by atoms with Gasteiger partial charge in [0.2, 0.25) is 20.0 Å². The molecule has 2 aromatic heterocycles. The first kappa shape index (κ1) is 35.1. The molecule has 0 bridgehead atoms. The Balaban J connectivity index is 0.000000208. The molecule has 47 heavy (non-hydrogen) atoms. The molecule has 6 N–H and O–H groups in total. The maximum Gasteiger partial charge on any atom is 2.00 e. The summed E-state index contributed by atoms with van der Waals surface area (Å²) in [5.74, 6) is -0.219. The van der Waals surface area contributed by atoms with Crippen molar-refractivity contribution in [3.63, 3.8) is 0 Å². The van der Waals surface area contributed by atoms with Crippen LogP contribution in [-0.2, 0) is 50.2 Å². The fourth-order valence-corrected chi connectivity index (χ4v) is 5.67. The van der Waals surface area contributed by atoms with Crippen LogP contribution < -0.4 is 31.1 Å². The van der Waals surface area contributed by atoms with Crippen LogP contribution in [0.4, 0.5) is 11.4 Å². The van der Waals surface area contributed by atoms with Crippen LogP contribution in [0, 0.1) is 0 Å². The molecule has 0 saturated carbocycles.